The van der Waals surface area contributed by atoms with Gasteiger partial charge in [-0.2, -0.15) is 5.10 Å². The fourth-order valence-electron chi connectivity index (χ4n) is 2.73. The van der Waals surface area contributed by atoms with Crippen molar-refractivity contribution >= 4 is 27.5 Å². The van der Waals surface area contributed by atoms with Crippen molar-refractivity contribution in [1.29, 1.82) is 0 Å². The molecule has 0 bridgehead atoms. The van der Waals surface area contributed by atoms with Crippen LogP contribution in [0, 0.1) is 0 Å². The highest BCUT2D eigenvalue weighted by Crippen LogP contribution is 2.25. The maximum Gasteiger partial charge on any atom is 0.261 e. The number of benzene rings is 2. The van der Waals surface area contributed by atoms with Crippen LogP contribution in [0.3, 0.4) is 0 Å². The van der Waals surface area contributed by atoms with Gasteiger partial charge in [-0.1, -0.05) is 28.1 Å². The number of carbonyl (C=O) groups is 1. The van der Waals surface area contributed by atoms with Gasteiger partial charge in [-0.05, 0) is 60.2 Å². The number of hydrogen-bond donors (Lipinski definition) is 1. The summed E-state index contributed by atoms with van der Waals surface area (Å²) in [6.45, 7) is 0.676. The molecule has 4 aromatic rings. The molecular formula is C22H17BrN4O2. The van der Waals surface area contributed by atoms with Gasteiger partial charge in [-0.3, -0.25) is 9.48 Å². The summed E-state index contributed by atoms with van der Waals surface area (Å²) >= 11 is 3.39. The number of aromatic nitrogens is 3. The fourth-order valence-corrected chi connectivity index (χ4v) is 3.00. The second-order valence-corrected chi connectivity index (χ2v) is 7.18. The summed E-state index contributed by atoms with van der Waals surface area (Å²) in [5.74, 6) is 0.566. The minimum absolute atomic E-state index is 0.252. The van der Waals surface area contributed by atoms with Crippen LogP contribution in [0.15, 0.2) is 89.8 Å². The van der Waals surface area contributed by atoms with Crippen molar-refractivity contribution in [1.82, 2.24) is 14.8 Å². The van der Waals surface area contributed by atoms with Crippen LogP contribution in [0.2, 0.25) is 0 Å². The Bertz CT molecular complexity index is 1090. The molecule has 0 radical (unpaired) electrons. The zero-order valence-electron chi connectivity index (χ0n) is 15.3. The van der Waals surface area contributed by atoms with Gasteiger partial charge in [0.2, 0.25) is 5.88 Å². The molecule has 0 aliphatic heterocycles. The van der Waals surface area contributed by atoms with Crippen LogP contribution in [0.25, 0.3) is 0 Å². The Morgan fingerprint density at radius 3 is 2.52 bits per heavy atom. The van der Waals surface area contributed by atoms with E-state index < -0.39 is 0 Å². The molecule has 0 aliphatic rings. The molecule has 4 rings (SSSR count). The van der Waals surface area contributed by atoms with E-state index in [0.717, 1.165) is 10.0 Å². The van der Waals surface area contributed by atoms with E-state index in [-0.39, 0.29) is 11.8 Å². The molecule has 2 aromatic heterocycles. The number of hydrogen-bond acceptors (Lipinski definition) is 4. The summed E-state index contributed by atoms with van der Waals surface area (Å²) in [6, 6.07) is 20.3. The van der Waals surface area contributed by atoms with Crippen LogP contribution >= 0.6 is 15.9 Å². The van der Waals surface area contributed by atoms with Gasteiger partial charge in [0.25, 0.3) is 5.91 Å². The highest BCUT2D eigenvalue weighted by atomic mass is 79.9. The quantitative estimate of drug-likeness (QED) is 0.443. The lowest BCUT2D eigenvalue weighted by Crippen LogP contribution is -2.13. The molecule has 0 aliphatic carbocycles. The molecule has 7 heteroatoms. The number of halogens is 1. The molecule has 1 amide bonds. The Labute approximate surface area is 176 Å². The summed E-state index contributed by atoms with van der Waals surface area (Å²) < 4.78 is 8.59. The lowest BCUT2D eigenvalue weighted by molar-refractivity contribution is 0.102. The van der Waals surface area contributed by atoms with E-state index in [1.807, 2.05) is 53.3 Å². The summed E-state index contributed by atoms with van der Waals surface area (Å²) in [6.07, 6.45) is 5.25. The molecule has 6 nitrogen and oxygen atoms in total. The average molecular weight is 449 g/mol. The predicted molar refractivity (Wildman–Crippen MR) is 114 cm³/mol. The van der Waals surface area contributed by atoms with Gasteiger partial charge >= 0.3 is 0 Å². The lowest BCUT2D eigenvalue weighted by atomic mass is 10.2. The third-order valence-electron chi connectivity index (χ3n) is 4.16. The van der Waals surface area contributed by atoms with E-state index in [2.05, 4.69) is 31.3 Å². The SMILES string of the molecule is O=C(Nc1ccc(Cn2cccn2)cc1)c1cccnc1Oc1ccc(Br)cc1. The van der Waals surface area contributed by atoms with Gasteiger partial charge in [0.15, 0.2) is 0 Å². The van der Waals surface area contributed by atoms with E-state index in [4.69, 9.17) is 4.74 Å². The van der Waals surface area contributed by atoms with Crippen molar-refractivity contribution < 1.29 is 9.53 Å². The summed E-state index contributed by atoms with van der Waals surface area (Å²) in [4.78, 5) is 17.0. The number of rotatable bonds is 6. The first-order valence-electron chi connectivity index (χ1n) is 8.93. The van der Waals surface area contributed by atoms with E-state index in [1.54, 1.807) is 36.7 Å². The molecular weight excluding hydrogens is 432 g/mol. The number of anilines is 1. The van der Waals surface area contributed by atoms with Crippen molar-refractivity contribution in [3.63, 3.8) is 0 Å². The van der Waals surface area contributed by atoms with Crippen LogP contribution in [0.4, 0.5) is 5.69 Å². The van der Waals surface area contributed by atoms with Crippen molar-refractivity contribution in [2.24, 2.45) is 0 Å². The fraction of sp³-hybridized carbons (Fsp3) is 0.0455. The second kappa shape index (κ2) is 8.70. The third kappa shape index (κ3) is 4.89. The molecule has 0 unspecified atom stereocenters. The molecule has 2 heterocycles. The minimum atomic E-state index is -0.287. The molecule has 0 saturated heterocycles. The smallest absolute Gasteiger partial charge is 0.261 e. The van der Waals surface area contributed by atoms with Crippen LogP contribution in [-0.2, 0) is 6.54 Å². The van der Waals surface area contributed by atoms with Gasteiger partial charge in [-0.15, -0.1) is 0 Å². The average Bonchev–Trinajstić information content (AvgIpc) is 3.25. The van der Waals surface area contributed by atoms with Gasteiger partial charge in [0.05, 0.1) is 6.54 Å². The Morgan fingerprint density at radius 2 is 1.79 bits per heavy atom. The van der Waals surface area contributed by atoms with Crippen molar-refractivity contribution in [3.05, 3.63) is 101 Å². The molecule has 29 heavy (non-hydrogen) atoms. The van der Waals surface area contributed by atoms with Crippen LogP contribution in [0.5, 0.6) is 11.6 Å². The second-order valence-electron chi connectivity index (χ2n) is 6.27. The summed E-state index contributed by atoms with van der Waals surface area (Å²) in [5.41, 5.74) is 2.14. The number of ether oxygens (including phenoxy) is 1. The monoisotopic (exact) mass is 448 g/mol. The topological polar surface area (TPSA) is 69.0 Å². The van der Waals surface area contributed by atoms with E-state index in [9.17, 15) is 4.79 Å². The maximum atomic E-state index is 12.8. The minimum Gasteiger partial charge on any atom is -0.438 e. The van der Waals surface area contributed by atoms with Crippen molar-refractivity contribution in [2.75, 3.05) is 5.32 Å². The zero-order valence-corrected chi connectivity index (χ0v) is 16.9. The Morgan fingerprint density at radius 1 is 1.00 bits per heavy atom. The van der Waals surface area contributed by atoms with Crippen LogP contribution in [0.1, 0.15) is 15.9 Å². The third-order valence-corrected chi connectivity index (χ3v) is 4.69. The van der Waals surface area contributed by atoms with E-state index >= 15 is 0 Å². The van der Waals surface area contributed by atoms with E-state index in [0.29, 0.717) is 23.5 Å². The zero-order chi connectivity index (χ0) is 20.1. The molecule has 0 atom stereocenters. The molecule has 0 spiro atoms. The summed E-state index contributed by atoms with van der Waals surface area (Å²) in [5, 5.41) is 7.09. The first-order chi connectivity index (χ1) is 14.2. The molecule has 2 aromatic carbocycles. The Hall–Kier alpha value is -3.45. The molecule has 0 saturated carbocycles. The van der Waals surface area contributed by atoms with E-state index in [1.165, 1.54) is 0 Å². The highest BCUT2D eigenvalue weighted by Gasteiger charge is 2.14. The summed E-state index contributed by atoms with van der Waals surface area (Å²) in [7, 11) is 0. The number of carbonyl (C=O) groups excluding carboxylic acids is 1. The van der Waals surface area contributed by atoms with Crippen LogP contribution in [-0.4, -0.2) is 20.7 Å². The Balaban J connectivity index is 1.46. The normalized spacial score (nSPS) is 10.5. The molecule has 1 N–H and O–H groups in total. The maximum absolute atomic E-state index is 12.8. The molecule has 144 valence electrons. The van der Waals surface area contributed by atoms with Gasteiger partial charge < -0.3 is 10.1 Å². The predicted octanol–water partition coefficient (Wildman–Crippen LogP) is 5.13. The van der Waals surface area contributed by atoms with Crippen molar-refractivity contribution in [3.8, 4) is 11.6 Å². The number of pyridine rings is 1. The highest BCUT2D eigenvalue weighted by molar-refractivity contribution is 9.10. The first kappa shape index (κ1) is 18.9. The molecule has 0 fully saturated rings. The standard InChI is InChI=1S/C22H17BrN4O2/c23-17-6-10-19(11-7-17)29-22-20(3-1-12-24-22)21(28)26-18-8-4-16(5-9-18)15-27-14-2-13-25-27/h1-14H,15H2,(H,26,28). The van der Waals surface area contributed by atoms with Crippen LogP contribution < -0.4 is 10.1 Å². The van der Waals surface area contributed by atoms with Gasteiger partial charge in [0.1, 0.15) is 11.3 Å². The Kier molecular flexibility index (Phi) is 5.67. The van der Waals surface area contributed by atoms with Crippen molar-refractivity contribution in [2.45, 2.75) is 6.54 Å². The first-order valence-corrected chi connectivity index (χ1v) is 9.73. The largest absolute Gasteiger partial charge is 0.438 e. The number of amides is 1. The van der Waals surface area contributed by atoms with Gasteiger partial charge in [0, 0.05) is 28.8 Å². The van der Waals surface area contributed by atoms with Gasteiger partial charge in [-0.25, -0.2) is 4.98 Å². The lowest BCUT2D eigenvalue weighted by Gasteiger charge is -2.11. The number of nitrogens with zero attached hydrogens (tertiary/aromatic N) is 3. The number of nitrogens with one attached hydrogen (secondary N) is 1.